The Morgan fingerprint density at radius 3 is 2.80 bits per heavy atom. The Labute approximate surface area is 121 Å². The minimum absolute atomic E-state index is 0.416. The third-order valence-corrected chi connectivity index (χ3v) is 3.21. The SMILES string of the molecule is CCCCOCCCNC(=O)C(=O)N1CCCNCC1. The molecule has 0 saturated carbocycles. The van der Waals surface area contributed by atoms with Gasteiger partial charge in [0.1, 0.15) is 0 Å². The Kier molecular flexibility index (Phi) is 8.98. The second-order valence-corrected chi connectivity index (χ2v) is 4.97. The van der Waals surface area contributed by atoms with Crippen molar-refractivity contribution >= 4 is 11.8 Å². The van der Waals surface area contributed by atoms with Gasteiger partial charge in [-0.1, -0.05) is 13.3 Å². The number of nitrogens with zero attached hydrogens (tertiary/aromatic N) is 1. The van der Waals surface area contributed by atoms with Crippen LogP contribution in [0.15, 0.2) is 0 Å². The third-order valence-electron chi connectivity index (χ3n) is 3.21. The van der Waals surface area contributed by atoms with Crippen LogP contribution in [0.4, 0.5) is 0 Å². The maximum Gasteiger partial charge on any atom is 0.311 e. The first-order valence-electron chi connectivity index (χ1n) is 7.61. The number of hydrogen-bond acceptors (Lipinski definition) is 4. The van der Waals surface area contributed by atoms with Crippen LogP contribution in [0.1, 0.15) is 32.6 Å². The lowest BCUT2D eigenvalue weighted by molar-refractivity contribution is -0.145. The van der Waals surface area contributed by atoms with E-state index >= 15 is 0 Å². The molecule has 1 fully saturated rings. The van der Waals surface area contributed by atoms with Crippen LogP contribution in [0, 0.1) is 0 Å². The first-order chi connectivity index (χ1) is 9.75. The quantitative estimate of drug-likeness (QED) is 0.515. The zero-order valence-corrected chi connectivity index (χ0v) is 12.5. The van der Waals surface area contributed by atoms with Gasteiger partial charge in [0.15, 0.2) is 0 Å². The topological polar surface area (TPSA) is 70.7 Å². The van der Waals surface area contributed by atoms with Crippen molar-refractivity contribution < 1.29 is 14.3 Å². The summed E-state index contributed by atoms with van der Waals surface area (Å²) in [6.07, 6.45) is 3.82. The summed E-state index contributed by atoms with van der Waals surface area (Å²) in [6.45, 7) is 6.92. The van der Waals surface area contributed by atoms with E-state index in [1.165, 1.54) is 0 Å². The standard InChI is InChI=1S/C14H27N3O3/c1-2-3-11-20-12-5-7-16-13(18)14(19)17-9-4-6-15-8-10-17/h15H,2-12H2,1H3,(H,16,18). The first kappa shape index (κ1) is 16.9. The van der Waals surface area contributed by atoms with Crippen LogP contribution < -0.4 is 10.6 Å². The van der Waals surface area contributed by atoms with E-state index in [1.54, 1.807) is 4.90 Å². The lowest BCUT2D eigenvalue weighted by Gasteiger charge is -2.19. The maximum absolute atomic E-state index is 11.9. The highest BCUT2D eigenvalue weighted by Gasteiger charge is 2.21. The summed E-state index contributed by atoms with van der Waals surface area (Å²) in [6, 6.07) is 0. The van der Waals surface area contributed by atoms with E-state index in [1.807, 2.05) is 0 Å². The Hall–Kier alpha value is -1.14. The van der Waals surface area contributed by atoms with Gasteiger partial charge < -0.3 is 20.3 Å². The number of ether oxygens (including phenoxy) is 1. The van der Waals surface area contributed by atoms with Crippen molar-refractivity contribution in [2.75, 3.05) is 45.9 Å². The molecule has 2 N–H and O–H groups in total. The van der Waals surface area contributed by atoms with Gasteiger partial charge >= 0.3 is 11.8 Å². The molecule has 0 aromatic heterocycles. The minimum Gasteiger partial charge on any atom is -0.381 e. The zero-order chi connectivity index (χ0) is 14.6. The van der Waals surface area contributed by atoms with E-state index in [2.05, 4.69) is 17.6 Å². The molecule has 6 nitrogen and oxygen atoms in total. The Balaban J connectivity index is 2.10. The van der Waals surface area contributed by atoms with Gasteiger partial charge in [-0.15, -0.1) is 0 Å². The van der Waals surface area contributed by atoms with Crippen LogP contribution in [-0.2, 0) is 14.3 Å². The van der Waals surface area contributed by atoms with Gasteiger partial charge in [0.05, 0.1) is 0 Å². The number of carbonyl (C=O) groups is 2. The molecule has 0 aliphatic carbocycles. The number of nitrogens with one attached hydrogen (secondary N) is 2. The summed E-state index contributed by atoms with van der Waals surface area (Å²) < 4.78 is 5.39. The molecular weight excluding hydrogens is 258 g/mol. The molecule has 0 bridgehead atoms. The lowest BCUT2D eigenvalue weighted by Crippen LogP contribution is -2.44. The van der Waals surface area contributed by atoms with Crippen LogP contribution >= 0.6 is 0 Å². The van der Waals surface area contributed by atoms with E-state index < -0.39 is 11.8 Å². The molecule has 1 aliphatic rings. The van der Waals surface area contributed by atoms with Gasteiger partial charge in [-0.3, -0.25) is 9.59 Å². The highest BCUT2D eigenvalue weighted by molar-refractivity contribution is 6.35. The smallest absolute Gasteiger partial charge is 0.311 e. The fraction of sp³-hybridized carbons (Fsp3) is 0.857. The molecule has 20 heavy (non-hydrogen) atoms. The fourth-order valence-electron chi connectivity index (χ4n) is 1.99. The van der Waals surface area contributed by atoms with Crippen molar-refractivity contribution in [3.05, 3.63) is 0 Å². The summed E-state index contributed by atoms with van der Waals surface area (Å²) >= 11 is 0. The molecule has 1 aliphatic heterocycles. The molecule has 0 aromatic rings. The lowest BCUT2D eigenvalue weighted by atomic mass is 10.3. The first-order valence-corrected chi connectivity index (χ1v) is 7.61. The molecule has 1 saturated heterocycles. The van der Waals surface area contributed by atoms with Crippen LogP contribution in [0.3, 0.4) is 0 Å². The van der Waals surface area contributed by atoms with Crippen LogP contribution in [-0.4, -0.2) is 62.7 Å². The van der Waals surface area contributed by atoms with Gasteiger partial charge in [-0.25, -0.2) is 0 Å². The van der Waals surface area contributed by atoms with Crippen molar-refractivity contribution in [2.45, 2.75) is 32.6 Å². The van der Waals surface area contributed by atoms with E-state index in [0.717, 1.165) is 45.4 Å². The van der Waals surface area contributed by atoms with Crippen molar-refractivity contribution in [3.8, 4) is 0 Å². The average molecular weight is 285 g/mol. The number of hydrogen-bond donors (Lipinski definition) is 2. The molecule has 0 aromatic carbocycles. The van der Waals surface area contributed by atoms with Crippen molar-refractivity contribution in [1.82, 2.24) is 15.5 Å². The van der Waals surface area contributed by atoms with Crippen LogP contribution in [0.25, 0.3) is 0 Å². The molecule has 116 valence electrons. The highest BCUT2D eigenvalue weighted by Crippen LogP contribution is 1.96. The summed E-state index contributed by atoms with van der Waals surface area (Å²) in [5.74, 6) is -0.916. The predicted octanol–water partition coefficient (Wildman–Crippen LogP) is 0.131. The normalized spacial score (nSPS) is 15.8. The molecule has 1 heterocycles. The number of unbranched alkanes of at least 4 members (excludes halogenated alkanes) is 1. The average Bonchev–Trinajstić information content (AvgIpc) is 2.74. The zero-order valence-electron chi connectivity index (χ0n) is 12.5. The Bertz CT molecular complexity index is 289. The number of amides is 2. The number of rotatable bonds is 7. The maximum atomic E-state index is 11.9. The monoisotopic (exact) mass is 285 g/mol. The number of carbonyl (C=O) groups excluding carboxylic acids is 2. The summed E-state index contributed by atoms with van der Waals surface area (Å²) in [7, 11) is 0. The van der Waals surface area contributed by atoms with Crippen molar-refractivity contribution in [3.63, 3.8) is 0 Å². The highest BCUT2D eigenvalue weighted by atomic mass is 16.5. The molecule has 2 amide bonds. The predicted molar refractivity (Wildman–Crippen MR) is 77.4 cm³/mol. The Morgan fingerprint density at radius 2 is 2.00 bits per heavy atom. The second kappa shape index (κ2) is 10.6. The third kappa shape index (κ3) is 6.86. The summed E-state index contributed by atoms with van der Waals surface area (Å²) in [4.78, 5) is 25.3. The fourth-order valence-corrected chi connectivity index (χ4v) is 1.99. The van der Waals surface area contributed by atoms with Gasteiger partial charge in [0.25, 0.3) is 0 Å². The molecule has 0 unspecified atom stereocenters. The summed E-state index contributed by atoms with van der Waals surface area (Å²) in [5.41, 5.74) is 0. The van der Waals surface area contributed by atoms with Gasteiger partial charge in [0, 0.05) is 39.4 Å². The van der Waals surface area contributed by atoms with E-state index in [4.69, 9.17) is 4.74 Å². The van der Waals surface area contributed by atoms with E-state index in [0.29, 0.717) is 26.2 Å². The molecule has 0 spiro atoms. The molecule has 1 rings (SSSR count). The van der Waals surface area contributed by atoms with Crippen LogP contribution in [0.5, 0.6) is 0 Å². The van der Waals surface area contributed by atoms with Gasteiger partial charge in [0.2, 0.25) is 0 Å². The molecule has 0 atom stereocenters. The molecule has 0 radical (unpaired) electrons. The Morgan fingerprint density at radius 1 is 1.20 bits per heavy atom. The van der Waals surface area contributed by atoms with Crippen molar-refractivity contribution in [1.29, 1.82) is 0 Å². The minimum atomic E-state index is -0.500. The van der Waals surface area contributed by atoms with Crippen LogP contribution in [0.2, 0.25) is 0 Å². The summed E-state index contributed by atoms with van der Waals surface area (Å²) in [5, 5.41) is 5.87. The van der Waals surface area contributed by atoms with Gasteiger partial charge in [-0.2, -0.15) is 0 Å². The second-order valence-electron chi connectivity index (χ2n) is 4.97. The largest absolute Gasteiger partial charge is 0.381 e. The van der Waals surface area contributed by atoms with E-state index in [9.17, 15) is 9.59 Å². The molecule has 6 heteroatoms. The van der Waals surface area contributed by atoms with Crippen molar-refractivity contribution in [2.24, 2.45) is 0 Å². The van der Waals surface area contributed by atoms with Gasteiger partial charge in [-0.05, 0) is 25.8 Å². The molecular formula is C14H27N3O3. The van der Waals surface area contributed by atoms with E-state index in [-0.39, 0.29) is 0 Å².